The van der Waals surface area contributed by atoms with Crippen molar-refractivity contribution in [2.75, 3.05) is 38.0 Å². The molecular weight excluding hydrogens is 418 g/mol. The molecule has 1 saturated heterocycles. The van der Waals surface area contributed by atoms with Crippen LogP contribution in [0.5, 0.6) is 0 Å². The first-order chi connectivity index (χ1) is 14.8. The van der Waals surface area contributed by atoms with Gasteiger partial charge in [-0.25, -0.2) is 13.6 Å². The molecule has 4 rings (SSSR count). The van der Waals surface area contributed by atoms with E-state index < -0.39 is 10.0 Å². The van der Waals surface area contributed by atoms with Gasteiger partial charge >= 0.3 is 0 Å². The molecule has 0 saturated carbocycles. The van der Waals surface area contributed by atoms with Gasteiger partial charge in [0.05, 0.1) is 11.4 Å². The maximum atomic E-state index is 12.8. The average molecular weight is 442 g/mol. The third-order valence-electron chi connectivity index (χ3n) is 5.25. The van der Waals surface area contributed by atoms with Crippen molar-refractivity contribution in [1.29, 1.82) is 0 Å². The number of nitrogens with two attached hydrogens (primary N) is 1. The Balaban J connectivity index is 1.28. The molecule has 2 aromatic carbocycles. The van der Waals surface area contributed by atoms with Crippen LogP contribution >= 0.6 is 0 Å². The second kappa shape index (κ2) is 8.50. The van der Waals surface area contributed by atoms with Crippen LogP contribution in [0.1, 0.15) is 10.5 Å². The van der Waals surface area contributed by atoms with Gasteiger partial charge in [0.25, 0.3) is 5.91 Å². The van der Waals surface area contributed by atoms with Gasteiger partial charge in [-0.2, -0.15) is 0 Å². The number of amides is 2. The van der Waals surface area contributed by atoms with Crippen LogP contribution in [0.15, 0.2) is 59.5 Å². The summed E-state index contributed by atoms with van der Waals surface area (Å²) < 4.78 is 22.6. The third kappa shape index (κ3) is 4.93. The highest BCUT2D eigenvalue weighted by Crippen LogP contribution is 2.17. The van der Waals surface area contributed by atoms with E-state index in [4.69, 9.17) is 5.14 Å². The van der Waals surface area contributed by atoms with Gasteiger partial charge in [0, 0.05) is 42.8 Å². The predicted octanol–water partition coefficient (Wildman–Crippen LogP) is 1.21. The number of para-hydroxylation sites is 1. The fourth-order valence-corrected chi connectivity index (χ4v) is 4.11. The quantitative estimate of drug-likeness (QED) is 0.548. The number of benzene rings is 2. The van der Waals surface area contributed by atoms with Gasteiger partial charge < -0.3 is 15.2 Å². The summed E-state index contributed by atoms with van der Waals surface area (Å²) in [7, 11) is -3.77. The minimum Gasteiger partial charge on any atom is -0.351 e. The summed E-state index contributed by atoms with van der Waals surface area (Å²) in [6.07, 6.45) is 0. The Hall–Kier alpha value is -3.21. The Kier molecular flexibility index (Phi) is 5.77. The van der Waals surface area contributed by atoms with Gasteiger partial charge in [0.15, 0.2) is 0 Å². The standard InChI is InChI=1S/C21H23N5O4S/c22-31(29,30)17-7-5-16(6-8-17)23-20(27)14-25-9-11-26(12-10-25)21(28)19-13-15-3-1-2-4-18(15)24-19/h1-8,13,24H,9-12,14H2,(H,23,27)(H2,22,29,30). The molecule has 0 aliphatic carbocycles. The van der Waals surface area contributed by atoms with Gasteiger partial charge in [-0.05, 0) is 36.4 Å². The van der Waals surface area contributed by atoms with Crippen LogP contribution in [-0.4, -0.2) is 67.7 Å². The lowest BCUT2D eigenvalue weighted by Crippen LogP contribution is -2.50. The zero-order chi connectivity index (χ0) is 22.0. The van der Waals surface area contributed by atoms with Gasteiger partial charge in [0.2, 0.25) is 15.9 Å². The number of nitrogens with one attached hydrogen (secondary N) is 2. The van der Waals surface area contributed by atoms with Gasteiger partial charge in [-0.3, -0.25) is 14.5 Å². The zero-order valence-corrected chi connectivity index (χ0v) is 17.6. The van der Waals surface area contributed by atoms with Crippen LogP contribution in [0.3, 0.4) is 0 Å². The van der Waals surface area contributed by atoms with E-state index in [1.165, 1.54) is 24.3 Å². The Morgan fingerprint density at radius 3 is 2.32 bits per heavy atom. The van der Waals surface area contributed by atoms with Crippen LogP contribution in [0.4, 0.5) is 5.69 Å². The van der Waals surface area contributed by atoms with Crippen molar-refractivity contribution in [2.45, 2.75) is 4.90 Å². The summed E-state index contributed by atoms with van der Waals surface area (Å²) >= 11 is 0. The number of sulfonamides is 1. The van der Waals surface area contributed by atoms with E-state index in [1.807, 2.05) is 35.2 Å². The van der Waals surface area contributed by atoms with Crippen molar-refractivity contribution in [1.82, 2.24) is 14.8 Å². The second-order valence-corrected chi connectivity index (χ2v) is 9.02. The molecule has 10 heteroatoms. The highest BCUT2D eigenvalue weighted by atomic mass is 32.2. The second-order valence-electron chi connectivity index (χ2n) is 7.46. The normalized spacial score (nSPS) is 15.2. The Morgan fingerprint density at radius 1 is 1.00 bits per heavy atom. The number of primary sulfonamides is 1. The molecule has 0 bridgehead atoms. The van der Waals surface area contributed by atoms with E-state index >= 15 is 0 Å². The number of aromatic amines is 1. The molecule has 2 amide bonds. The fourth-order valence-electron chi connectivity index (χ4n) is 3.60. The number of carbonyl (C=O) groups excluding carboxylic acids is 2. The molecule has 2 heterocycles. The summed E-state index contributed by atoms with van der Waals surface area (Å²) in [6, 6.07) is 15.3. The van der Waals surface area contributed by atoms with E-state index in [0.29, 0.717) is 37.6 Å². The molecule has 3 aromatic rings. The molecule has 9 nitrogen and oxygen atoms in total. The number of carbonyl (C=O) groups is 2. The first kappa shape index (κ1) is 21.0. The average Bonchev–Trinajstić information content (AvgIpc) is 3.18. The number of hydrogen-bond acceptors (Lipinski definition) is 5. The van der Waals surface area contributed by atoms with Gasteiger partial charge in [0.1, 0.15) is 5.69 Å². The van der Waals surface area contributed by atoms with E-state index in [0.717, 1.165) is 10.9 Å². The van der Waals surface area contributed by atoms with Crippen molar-refractivity contribution < 1.29 is 18.0 Å². The highest BCUT2D eigenvalue weighted by Gasteiger charge is 2.24. The lowest BCUT2D eigenvalue weighted by atomic mass is 10.2. The van der Waals surface area contributed by atoms with Crippen LogP contribution in [0.2, 0.25) is 0 Å². The van der Waals surface area contributed by atoms with Crippen LogP contribution < -0.4 is 10.5 Å². The molecule has 1 aliphatic heterocycles. The smallest absolute Gasteiger partial charge is 0.270 e. The zero-order valence-electron chi connectivity index (χ0n) is 16.7. The van der Waals surface area contributed by atoms with Crippen molar-refractivity contribution in [3.63, 3.8) is 0 Å². The first-order valence-corrected chi connectivity index (χ1v) is 11.4. The molecule has 1 aromatic heterocycles. The van der Waals surface area contributed by atoms with E-state index in [1.54, 1.807) is 4.90 Å². The highest BCUT2D eigenvalue weighted by molar-refractivity contribution is 7.89. The number of nitrogens with zero attached hydrogens (tertiary/aromatic N) is 2. The summed E-state index contributed by atoms with van der Waals surface area (Å²) in [5.41, 5.74) is 1.98. The lowest BCUT2D eigenvalue weighted by Gasteiger charge is -2.34. The molecule has 1 fully saturated rings. The molecule has 4 N–H and O–H groups in total. The number of piperazine rings is 1. The fraction of sp³-hybridized carbons (Fsp3) is 0.238. The molecular formula is C21H23N5O4S. The van der Waals surface area contributed by atoms with Crippen LogP contribution in [0, 0.1) is 0 Å². The monoisotopic (exact) mass is 441 g/mol. The molecule has 1 aliphatic rings. The largest absolute Gasteiger partial charge is 0.351 e. The van der Waals surface area contributed by atoms with Crippen molar-refractivity contribution in [2.24, 2.45) is 5.14 Å². The van der Waals surface area contributed by atoms with Crippen LogP contribution in [-0.2, 0) is 14.8 Å². The number of hydrogen-bond donors (Lipinski definition) is 3. The number of fused-ring (bicyclic) bond motifs is 1. The van der Waals surface area contributed by atoms with E-state index in [2.05, 4.69) is 10.3 Å². The van der Waals surface area contributed by atoms with Gasteiger partial charge in [-0.15, -0.1) is 0 Å². The molecule has 0 atom stereocenters. The topological polar surface area (TPSA) is 129 Å². The number of rotatable bonds is 5. The van der Waals surface area contributed by atoms with Crippen molar-refractivity contribution in [3.05, 3.63) is 60.3 Å². The van der Waals surface area contributed by atoms with Crippen molar-refractivity contribution in [3.8, 4) is 0 Å². The lowest BCUT2D eigenvalue weighted by molar-refractivity contribution is -0.117. The van der Waals surface area contributed by atoms with E-state index in [9.17, 15) is 18.0 Å². The summed E-state index contributed by atoms with van der Waals surface area (Å²) in [5.74, 6) is -0.256. The molecule has 0 spiro atoms. The minimum atomic E-state index is -3.77. The Bertz CT molecular complexity index is 1180. The molecule has 0 radical (unpaired) electrons. The molecule has 31 heavy (non-hydrogen) atoms. The Morgan fingerprint density at radius 2 is 1.68 bits per heavy atom. The summed E-state index contributed by atoms with van der Waals surface area (Å²) in [6.45, 7) is 2.42. The SMILES string of the molecule is NS(=O)(=O)c1ccc(NC(=O)CN2CCN(C(=O)c3cc4ccccc4[nH]3)CC2)cc1. The number of aromatic nitrogens is 1. The predicted molar refractivity (Wildman–Crippen MR) is 117 cm³/mol. The Labute approximate surface area is 179 Å². The van der Waals surface area contributed by atoms with Crippen LogP contribution in [0.25, 0.3) is 10.9 Å². The summed E-state index contributed by atoms with van der Waals surface area (Å²) in [4.78, 5) is 32.0. The van der Waals surface area contributed by atoms with E-state index in [-0.39, 0.29) is 23.3 Å². The maximum absolute atomic E-state index is 12.8. The summed E-state index contributed by atoms with van der Waals surface area (Å²) in [5, 5.41) is 8.81. The number of H-pyrrole nitrogens is 1. The maximum Gasteiger partial charge on any atom is 0.270 e. The van der Waals surface area contributed by atoms with Gasteiger partial charge in [-0.1, -0.05) is 18.2 Å². The number of anilines is 1. The van der Waals surface area contributed by atoms with Crippen molar-refractivity contribution >= 4 is 38.4 Å². The first-order valence-electron chi connectivity index (χ1n) is 9.82. The third-order valence-corrected chi connectivity index (χ3v) is 6.18. The molecule has 162 valence electrons. The molecule has 0 unspecified atom stereocenters. The minimum absolute atomic E-state index is 0.0127.